The van der Waals surface area contributed by atoms with Crippen LogP contribution in [-0.4, -0.2) is 28.7 Å². The molecular formula is C13H17NO2. The van der Waals surface area contributed by atoms with Gasteiger partial charge in [0.1, 0.15) is 0 Å². The summed E-state index contributed by atoms with van der Waals surface area (Å²) in [7, 11) is 0. The third-order valence-electron chi connectivity index (χ3n) is 4.49. The highest BCUT2D eigenvalue weighted by molar-refractivity contribution is 6.01. The van der Waals surface area contributed by atoms with Crippen LogP contribution >= 0.6 is 0 Å². The molecule has 3 nitrogen and oxygen atoms in total. The molecule has 3 heteroatoms. The smallest absolute Gasteiger partial charge is 0.223 e. The lowest BCUT2D eigenvalue weighted by atomic mass is 9.86. The Bertz CT molecular complexity index is 410. The lowest BCUT2D eigenvalue weighted by Gasteiger charge is -2.35. The minimum atomic E-state index is -0.186. The monoisotopic (exact) mass is 219 g/mol. The lowest BCUT2D eigenvalue weighted by molar-refractivity contribution is -0.134. The van der Waals surface area contributed by atoms with Crippen molar-refractivity contribution >= 4 is 11.7 Å². The number of hydrogen-bond acceptors (Lipinski definition) is 2. The molecule has 0 saturated carbocycles. The minimum Gasteiger partial charge on any atom is -0.333 e. The van der Waals surface area contributed by atoms with Gasteiger partial charge in [0.25, 0.3) is 0 Å². The van der Waals surface area contributed by atoms with Gasteiger partial charge in [0.2, 0.25) is 5.91 Å². The van der Waals surface area contributed by atoms with Crippen molar-refractivity contribution in [2.24, 2.45) is 0 Å². The van der Waals surface area contributed by atoms with Crippen molar-refractivity contribution < 1.29 is 9.59 Å². The van der Waals surface area contributed by atoms with Gasteiger partial charge in [-0.3, -0.25) is 9.59 Å². The van der Waals surface area contributed by atoms with Crippen molar-refractivity contribution in [1.82, 2.24) is 4.90 Å². The first-order valence-electron chi connectivity index (χ1n) is 6.19. The van der Waals surface area contributed by atoms with E-state index in [-0.39, 0.29) is 17.2 Å². The molecule has 0 aromatic rings. The molecule has 0 radical (unpaired) electrons. The van der Waals surface area contributed by atoms with Gasteiger partial charge in [0.15, 0.2) is 5.78 Å². The molecule has 2 heterocycles. The molecule has 3 rings (SSSR count). The number of ketones is 1. The fraction of sp³-hybridized carbons (Fsp3) is 0.692. The lowest BCUT2D eigenvalue weighted by Crippen LogP contribution is -2.46. The van der Waals surface area contributed by atoms with Crippen LogP contribution in [0.5, 0.6) is 0 Å². The predicted octanol–water partition coefficient (Wildman–Crippen LogP) is 1.82. The Morgan fingerprint density at radius 2 is 2.00 bits per heavy atom. The zero-order valence-corrected chi connectivity index (χ0v) is 9.71. The first-order valence-corrected chi connectivity index (χ1v) is 6.19. The van der Waals surface area contributed by atoms with E-state index in [0.717, 1.165) is 37.8 Å². The van der Waals surface area contributed by atoms with Crippen LogP contribution in [0.25, 0.3) is 0 Å². The Kier molecular flexibility index (Phi) is 2.00. The fourth-order valence-electron chi connectivity index (χ4n) is 3.73. The van der Waals surface area contributed by atoms with Gasteiger partial charge in [-0.1, -0.05) is 0 Å². The Morgan fingerprint density at radius 3 is 2.81 bits per heavy atom. The van der Waals surface area contributed by atoms with Crippen LogP contribution < -0.4 is 0 Å². The van der Waals surface area contributed by atoms with E-state index in [1.54, 1.807) is 0 Å². The average Bonchev–Trinajstić information content (AvgIpc) is 2.72. The number of carbonyl (C=O) groups is 2. The summed E-state index contributed by atoms with van der Waals surface area (Å²) in [4.78, 5) is 25.9. The van der Waals surface area contributed by atoms with Crippen molar-refractivity contribution in [3.8, 4) is 0 Å². The Balaban J connectivity index is 2.13. The van der Waals surface area contributed by atoms with Crippen LogP contribution in [0.3, 0.4) is 0 Å². The molecule has 2 fully saturated rings. The van der Waals surface area contributed by atoms with Crippen LogP contribution in [0.15, 0.2) is 11.1 Å². The van der Waals surface area contributed by atoms with Gasteiger partial charge in [-0.2, -0.15) is 0 Å². The highest BCUT2D eigenvalue weighted by Crippen LogP contribution is 2.48. The van der Waals surface area contributed by atoms with E-state index in [1.807, 2.05) is 11.8 Å². The zero-order chi connectivity index (χ0) is 11.3. The molecule has 0 unspecified atom stereocenters. The van der Waals surface area contributed by atoms with Crippen LogP contribution in [-0.2, 0) is 9.59 Å². The number of carbonyl (C=O) groups excluding carboxylic acids is 2. The number of rotatable bonds is 0. The number of nitrogens with zero attached hydrogens (tertiary/aromatic N) is 1. The summed E-state index contributed by atoms with van der Waals surface area (Å²) in [5.74, 6) is 0.520. The molecule has 16 heavy (non-hydrogen) atoms. The molecule has 0 aromatic heterocycles. The van der Waals surface area contributed by atoms with Crippen molar-refractivity contribution in [1.29, 1.82) is 0 Å². The second-order valence-electron chi connectivity index (χ2n) is 5.24. The van der Waals surface area contributed by atoms with Gasteiger partial charge in [-0.05, 0) is 43.8 Å². The summed E-state index contributed by atoms with van der Waals surface area (Å²) < 4.78 is 0. The maximum absolute atomic E-state index is 12.0. The number of Topliss-reactive ketones (excluding diaryl/α,β-unsaturated/α-hetero) is 1. The summed E-state index contributed by atoms with van der Waals surface area (Å²) in [5.41, 5.74) is 2.04. The van der Waals surface area contributed by atoms with Crippen molar-refractivity contribution in [2.75, 3.05) is 6.54 Å². The SMILES string of the molecule is CC1=C2CCCC(=O)N3CCC[C@]23CC1=O. The van der Waals surface area contributed by atoms with E-state index in [2.05, 4.69) is 0 Å². The molecule has 0 N–H and O–H groups in total. The highest BCUT2D eigenvalue weighted by Gasteiger charge is 2.52. The van der Waals surface area contributed by atoms with Gasteiger partial charge < -0.3 is 4.90 Å². The van der Waals surface area contributed by atoms with Crippen LogP contribution in [0.1, 0.15) is 45.4 Å². The minimum absolute atomic E-state index is 0.186. The summed E-state index contributed by atoms with van der Waals surface area (Å²) in [5, 5.41) is 0. The van der Waals surface area contributed by atoms with Crippen molar-refractivity contribution in [3.05, 3.63) is 11.1 Å². The maximum Gasteiger partial charge on any atom is 0.223 e. The first-order chi connectivity index (χ1) is 7.65. The van der Waals surface area contributed by atoms with Gasteiger partial charge in [0.05, 0.1) is 5.54 Å². The molecule has 3 aliphatic rings. The molecule has 1 amide bonds. The van der Waals surface area contributed by atoms with Gasteiger partial charge in [-0.15, -0.1) is 0 Å². The third kappa shape index (κ3) is 1.09. The summed E-state index contributed by atoms with van der Waals surface area (Å²) in [6.07, 6.45) is 5.12. The van der Waals surface area contributed by atoms with E-state index in [9.17, 15) is 9.59 Å². The van der Waals surface area contributed by atoms with Gasteiger partial charge >= 0.3 is 0 Å². The average molecular weight is 219 g/mol. The maximum atomic E-state index is 12.0. The first kappa shape index (κ1) is 10.1. The van der Waals surface area contributed by atoms with Gasteiger partial charge in [-0.25, -0.2) is 0 Å². The van der Waals surface area contributed by atoms with Crippen LogP contribution in [0, 0.1) is 0 Å². The normalized spacial score (nSPS) is 34.2. The molecule has 1 atom stereocenters. The molecule has 0 aromatic carbocycles. The molecule has 2 aliphatic heterocycles. The van der Waals surface area contributed by atoms with Crippen molar-refractivity contribution in [3.63, 3.8) is 0 Å². The van der Waals surface area contributed by atoms with E-state index < -0.39 is 0 Å². The Hall–Kier alpha value is -1.12. The van der Waals surface area contributed by atoms with Crippen LogP contribution in [0.2, 0.25) is 0 Å². The Morgan fingerprint density at radius 1 is 1.19 bits per heavy atom. The van der Waals surface area contributed by atoms with E-state index in [0.29, 0.717) is 12.8 Å². The number of allylic oxidation sites excluding steroid dienone is 1. The summed E-state index contributed by atoms with van der Waals surface area (Å²) >= 11 is 0. The fourth-order valence-corrected chi connectivity index (χ4v) is 3.73. The molecule has 1 aliphatic carbocycles. The van der Waals surface area contributed by atoms with Crippen LogP contribution in [0.4, 0.5) is 0 Å². The topological polar surface area (TPSA) is 37.4 Å². The molecule has 2 saturated heterocycles. The van der Waals surface area contributed by atoms with E-state index in [4.69, 9.17) is 0 Å². The number of amides is 1. The summed E-state index contributed by atoms with van der Waals surface area (Å²) in [6.45, 7) is 2.79. The standard InChI is InChI=1S/C13H17NO2/c1-9-10-4-2-5-12(16)14-7-3-6-13(10,14)8-11(9)15/h2-8H2,1H3/t13-/m0/s1. The quantitative estimate of drug-likeness (QED) is 0.623. The van der Waals surface area contributed by atoms with E-state index in [1.165, 1.54) is 5.57 Å². The second kappa shape index (κ2) is 3.19. The zero-order valence-electron chi connectivity index (χ0n) is 9.71. The van der Waals surface area contributed by atoms with Gasteiger partial charge in [0, 0.05) is 19.4 Å². The van der Waals surface area contributed by atoms with Crippen molar-refractivity contribution in [2.45, 2.75) is 51.0 Å². The molecular weight excluding hydrogens is 202 g/mol. The second-order valence-corrected chi connectivity index (χ2v) is 5.24. The predicted molar refractivity (Wildman–Crippen MR) is 59.9 cm³/mol. The summed E-state index contributed by atoms with van der Waals surface area (Å²) in [6, 6.07) is 0. The number of hydrogen-bond donors (Lipinski definition) is 0. The van der Waals surface area contributed by atoms with E-state index >= 15 is 0 Å². The molecule has 1 spiro atoms. The largest absolute Gasteiger partial charge is 0.333 e. The highest BCUT2D eigenvalue weighted by atomic mass is 16.2. The Labute approximate surface area is 95.5 Å². The molecule has 86 valence electrons. The third-order valence-corrected chi connectivity index (χ3v) is 4.49. The molecule has 0 bridgehead atoms.